The molecule has 0 aliphatic heterocycles. The highest BCUT2D eigenvalue weighted by Crippen LogP contribution is 2.35. The van der Waals surface area contributed by atoms with Crippen molar-refractivity contribution in [3.05, 3.63) is 17.7 Å². The monoisotopic (exact) mass is 436 g/mol. The van der Waals surface area contributed by atoms with Crippen molar-refractivity contribution < 1.29 is 27.8 Å². The number of aryl methyl sites for hydroxylation is 1. The van der Waals surface area contributed by atoms with E-state index in [0.29, 0.717) is 13.0 Å². The van der Waals surface area contributed by atoms with Crippen molar-refractivity contribution in [3.63, 3.8) is 0 Å². The topological polar surface area (TPSA) is 62.6 Å². The zero-order chi connectivity index (χ0) is 22.1. The molecule has 1 heterocycles. The van der Waals surface area contributed by atoms with E-state index in [-0.39, 0.29) is 52.8 Å². The number of rotatable bonds is 9. The Morgan fingerprint density at radius 1 is 1.13 bits per heavy atom. The SMILES string of the molecule is CC(=O)C[C@@H](C)COC1CCC(Oc2nc3c(F)cc(OC4CC4)c(F)c3n2C)CC1. The maximum Gasteiger partial charge on any atom is 0.297 e. The van der Waals surface area contributed by atoms with Crippen molar-refractivity contribution in [2.24, 2.45) is 13.0 Å². The van der Waals surface area contributed by atoms with Crippen LogP contribution < -0.4 is 9.47 Å². The average molecular weight is 436 g/mol. The summed E-state index contributed by atoms with van der Waals surface area (Å²) in [6.07, 6.45) is 5.51. The van der Waals surface area contributed by atoms with Crippen LogP contribution in [0.4, 0.5) is 8.78 Å². The van der Waals surface area contributed by atoms with Gasteiger partial charge in [-0.05, 0) is 51.4 Å². The number of ether oxygens (including phenoxy) is 3. The number of Topliss-reactive ketones (excluding diaryl/α,β-unsaturated/α-hetero) is 1. The lowest BCUT2D eigenvalue weighted by atomic mass is 9.95. The number of carbonyl (C=O) groups excluding carboxylic acids is 1. The lowest BCUT2D eigenvalue weighted by Gasteiger charge is -2.29. The summed E-state index contributed by atoms with van der Waals surface area (Å²) in [7, 11) is 1.62. The van der Waals surface area contributed by atoms with Gasteiger partial charge in [0.1, 0.15) is 22.9 Å². The summed E-state index contributed by atoms with van der Waals surface area (Å²) in [5, 5.41) is 0. The number of nitrogens with zero attached hydrogens (tertiary/aromatic N) is 2. The van der Waals surface area contributed by atoms with E-state index in [4.69, 9.17) is 14.2 Å². The maximum absolute atomic E-state index is 14.9. The third-order valence-electron chi connectivity index (χ3n) is 5.93. The summed E-state index contributed by atoms with van der Waals surface area (Å²) in [5.41, 5.74) is 0.0109. The van der Waals surface area contributed by atoms with E-state index < -0.39 is 11.6 Å². The minimum Gasteiger partial charge on any atom is -0.487 e. The number of imidazole rings is 1. The molecule has 1 atom stereocenters. The molecule has 2 aliphatic rings. The van der Waals surface area contributed by atoms with Crippen molar-refractivity contribution in [1.82, 2.24) is 9.55 Å². The van der Waals surface area contributed by atoms with Gasteiger partial charge in [-0.3, -0.25) is 4.57 Å². The average Bonchev–Trinajstić information content (AvgIpc) is 3.47. The van der Waals surface area contributed by atoms with E-state index >= 15 is 0 Å². The Kier molecular flexibility index (Phi) is 6.46. The Morgan fingerprint density at radius 2 is 1.74 bits per heavy atom. The Labute approximate surface area is 180 Å². The van der Waals surface area contributed by atoms with Crippen molar-refractivity contribution in [2.45, 2.75) is 77.1 Å². The predicted molar refractivity (Wildman–Crippen MR) is 111 cm³/mol. The largest absolute Gasteiger partial charge is 0.487 e. The Bertz CT molecular complexity index is 949. The lowest BCUT2D eigenvalue weighted by molar-refractivity contribution is -0.118. The normalized spacial score (nSPS) is 22.5. The molecule has 1 aromatic heterocycles. The summed E-state index contributed by atoms with van der Waals surface area (Å²) in [6.45, 7) is 4.18. The highest BCUT2D eigenvalue weighted by Gasteiger charge is 2.29. The third kappa shape index (κ3) is 5.17. The second-order valence-corrected chi connectivity index (χ2v) is 9.00. The van der Waals surface area contributed by atoms with E-state index in [2.05, 4.69) is 4.98 Å². The van der Waals surface area contributed by atoms with Gasteiger partial charge < -0.3 is 19.0 Å². The summed E-state index contributed by atoms with van der Waals surface area (Å²) in [4.78, 5) is 15.4. The molecule has 31 heavy (non-hydrogen) atoms. The number of aromatic nitrogens is 2. The number of carbonyl (C=O) groups is 1. The van der Waals surface area contributed by atoms with E-state index in [1.807, 2.05) is 6.92 Å². The molecule has 6 nitrogen and oxygen atoms in total. The molecule has 0 spiro atoms. The molecule has 2 aliphatic carbocycles. The molecule has 4 rings (SSSR count). The molecule has 0 unspecified atom stereocenters. The van der Waals surface area contributed by atoms with Crippen LogP contribution in [0.1, 0.15) is 58.8 Å². The number of hydrogen-bond donors (Lipinski definition) is 0. The predicted octanol–water partition coefficient (Wildman–Crippen LogP) is 4.71. The zero-order valence-corrected chi connectivity index (χ0v) is 18.3. The van der Waals surface area contributed by atoms with Crippen LogP contribution in [0, 0.1) is 17.6 Å². The standard InChI is InChI=1S/C23H30F2N2O4/c1-13(10-14(2)28)12-29-15-4-6-17(7-5-15)31-23-26-21-18(24)11-19(30-16-8-9-16)20(25)22(21)27(23)3/h11,13,15-17H,4-10,12H2,1-3H3/t13-,15?,17?/m1/s1. The molecular weight excluding hydrogens is 406 g/mol. The van der Waals surface area contributed by atoms with Crippen LogP contribution in [0.3, 0.4) is 0 Å². The Balaban J connectivity index is 1.37. The van der Waals surface area contributed by atoms with Crippen LogP contribution in [-0.4, -0.2) is 40.3 Å². The molecule has 2 saturated carbocycles. The summed E-state index contributed by atoms with van der Waals surface area (Å²) < 4.78 is 48.4. The molecule has 0 amide bonds. The van der Waals surface area contributed by atoms with E-state index in [1.54, 1.807) is 14.0 Å². The quantitative estimate of drug-likeness (QED) is 0.570. The minimum atomic E-state index is -0.616. The van der Waals surface area contributed by atoms with Crippen LogP contribution in [0.15, 0.2) is 6.07 Å². The Morgan fingerprint density at radius 3 is 2.39 bits per heavy atom. The maximum atomic E-state index is 14.9. The molecule has 2 aromatic rings. The second-order valence-electron chi connectivity index (χ2n) is 9.00. The van der Waals surface area contributed by atoms with Gasteiger partial charge in [0.25, 0.3) is 6.01 Å². The number of hydrogen-bond acceptors (Lipinski definition) is 5. The van der Waals surface area contributed by atoms with E-state index in [9.17, 15) is 13.6 Å². The number of halogens is 2. The van der Waals surface area contributed by atoms with Gasteiger partial charge in [0, 0.05) is 26.1 Å². The van der Waals surface area contributed by atoms with Gasteiger partial charge in [-0.2, -0.15) is 4.98 Å². The van der Waals surface area contributed by atoms with Gasteiger partial charge in [0.05, 0.1) is 12.2 Å². The smallest absolute Gasteiger partial charge is 0.297 e. The highest BCUT2D eigenvalue weighted by atomic mass is 19.1. The summed E-state index contributed by atoms with van der Waals surface area (Å²) in [5.74, 6) is -0.905. The van der Waals surface area contributed by atoms with Crippen LogP contribution in [0.2, 0.25) is 0 Å². The fourth-order valence-electron chi connectivity index (χ4n) is 4.13. The second kappa shape index (κ2) is 9.10. The first-order valence-electron chi connectivity index (χ1n) is 11.1. The Hall–Kier alpha value is -2.22. The van der Waals surface area contributed by atoms with Gasteiger partial charge in [-0.25, -0.2) is 8.78 Å². The van der Waals surface area contributed by atoms with Gasteiger partial charge in [0.2, 0.25) is 0 Å². The zero-order valence-electron chi connectivity index (χ0n) is 18.3. The molecule has 8 heteroatoms. The van der Waals surface area contributed by atoms with Crippen LogP contribution in [0.25, 0.3) is 11.0 Å². The highest BCUT2D eigenvalue weighted by molar-refractivity contribution is 5.80. The molecule has 0 radical (unpaired) electrons. The first-order valence-corrected chi connectivity index (χ1v) is 11.1. The molecule has 170 valence electrons. The van der Waals surface area contributed by atoms with E-state index in [1.165, 1.54) is 4.57 Å². The number of ketones is 1. The van der Waals surface area contributed by atoms with Crippen molar-refractivity contribution in [3.8, 4) is 11.8 Å². The minimum absolute atomic E-state index is 0.0295. The fourth-order valence-corrected chi connectivity index (χ4v) is 4.13. The lowest BCUT2D eigenvalue weighted by Crippen LogP contribution is -2.30. The van der Waals surface area contributed by atoms with Gasteiger partial charge >= 0.3 is 0 Å². The summed E-state index contributed by atoms with van der Waals surface area (Å²) in [6, 6.07) is 1.28. The van der Waals surface area contributed by atoms with Gasteiger partial charge in [-0.1, -0.05) is 6.92 Å². The van der Waals surface area contributed by atoms with Gasteiger partial charge in [-0.15, -0.1) is 0 Å². The van der Waals surface area contributed by atoms with Crippen LogP contribution in [0.5, 0.6) is 11.8 Å². The third-order valence-corrected chi connectivity index (χ3v) is 5.93. The molecule has 2 fully saturated rings. The van der Waals surface area contributed by atoms with Crippen molar-refractivity contribution >= 4 is 16.8 Å². The first-order chi connectivity index (χ1) is 14.8. The van der Waals surface area contributed by atoms with Crippen LogP contribution >= 0.6 is 0 Å². The fraction of sp³-hybridized carbons (Fsp3) is 0.652. The summed E-state index contributed by atoms with van der Waals surface area (Å²) >= 11 is 0. The molecular formula is C23H30F2N2O4. The van der Waals surface area contributed by atoms with Crippen molar-refractivity contribution in [2.75, 3.05) is 6.61 Å². The molecule has 1 aromatic carbocycles. The number of fused-ring (bicyclic) bond motifs is 1. The van der Waals surface area contributed by atoms with E-state index in [0.717, 1.165) is 44.6 Å². The first kappa shape index (κ1) is 22.0. The molecule has 0 bridgehead atoms. The molecule has 0 saturated heterocycles. The van der Waals surface area contributed by atoms with Crippen molar-refractivity contribution in [1.29, 1.82) is 0 Å². The van der Waals surface area contributed by atoms with Crippen LogP contribution in [-0.2, 0) is 16.6 Å². The number of benzene rings is 1. The molecule has 0 N–H and O–H groups in total. The van der Waals surface area contributed by atoms with Gasteiger partial charge in [0.15, 0.2) is 17.4 Å².